The van der Waals surface area contributed by atoms with Crippen molar-refractivity contribution in [3.05, 3.63) is 0 Å². The summed E-state index contributed by atoms with van der Waals surface area (Å²) in [5.74, 6) is -6.69. The summed E-state index contributed by atoms with van der Waals surface area (Å²) in [4.78, 5) is 45.7. The van der Waals surface area contributed by atoms with Gasteiger partial charge in [-0.2, -0.15) is 0 Å². The highest BCUT2D eigenvalue weighted by Crippen LogP contribution is 2.28. The number of carboxylic acid groups (broad SMARTS) is 2. The summed E-state index contributed by atoms with van der Waals surface area (Å²) in [5, 5.41) is 40.1. The maximum Gasteiger partial charge on any atom is 0.155 e. The van der Waals surface area contributed by atoms with Crippen molar-refractivity contribution in [3.63, 3.8) is 0 Å². The third kappa shape index (κ3) is 4.39. The van der Waals surface area contributed by atoms with Crippen LogP contribution in [0.3, 0.4) is 0 Å². The van der Waals surface area contributed by atoms with E-state index in [0.717, 1.165) is 0 Å². The molecule has 0 amide bonds. The van der Waals surface area contributed by atoms with Crippen LogP contribution in [0.1, 0.15) is 33.1 Å². The smallest absolute Gasteiger partial charge is 0.155 e. The Morgan fingerprint density at radius 2 is 1.30 bits per heavy atom. The van der Waals surface area contributed by atoms with E-state index in [4.69, 9.17) is 10.2 Å². The monoisotopic (exact) mass is 288 g/mol. The Morgan fingerprint density at radius 1 is 0.950 bits per heavy atom. The number of hydrogen-bond donors (Lipinski definition) is 2. The van der Waals surface area contributed by atoms with E-state index in [-0.39, 0.29) is 0 Å². The van der Waals surface area contributed by atoms with Crippen LogP contribution >= 0.6 is 0 Å². The van der Waals surface area contributed by atoms with E-state index in [2.05, 4.69) is 0 Å². The second-order valence-electron chi connectivity index (χ2n) is 4.69. The van der Waals surface area contributed by atoms with Gasteiger partial charge in [0.25, 0.3) is 0 Å². The molecule has 2 atom stereocenters. The fourth-order valence-electron chi connectivity index (χ4n) is 1.75. The Hall–Kier alpha value is -1.80. The van der Waals surface area contributed by atoms with Crippen molar-refractivity contribution >= 4 is 23.5 Å². The van der Waals surface area contributed by atoms with E-state index < -0.39 is 60.4 Å². The summed E-state index contributed by atoms with van der Waals surface area (Å²) in [7, 11) is 0. The Labute approximate surface area is 115 Å². The summed E-state index contributed by atoms with van der Waals surface area (Å²) >= 11 is 0. The second kappa shape index (κ2) is 7.11. The molecule has 0 bridgehead atoms. The maximum absolute atomic E-state index is 11.9. The SMILES string of the molecule is CC(O)CC(=O)C(CC(=O)[O-])(C(=O)[O-])C(=O)CC(C)O. The molecule has 0 radical (unpaired) electrons. The van der Waals surface area contributed by atoms with Crippen LogP contribution in [-0.4, -0.2) is 45.9 Å². The molecule has 0 spiro atoms. The summed E-state index contributed by atoms with van der Waals surface area (Å²) < 4.78 is 0. The number of aliphatic hydroxyl groups excluding tert-OH is 2. The van der Waals surface area contributed by atoms with Gasteiger partial charge in [0.2, 0.25) is 0 Å². The number of carboxylic acids is 2. The van der Waals surface area contributed by atoms with Crippen molar-refractivity contribution < 1.29 is 39.6 Å². The lowest BCUT2D eigenvalue weighted by Crippen LogP contribution is -2.56. The largest absolute Gasteiger partial charge is 0.550 e. The van der Waals surface area contributed by atoms with E-state index in [1.165, 1.54) is 13.8 Å². The van der Waals surface area contributed by atoms with Crippen molar-refractivity contribution in [3.8, 4) is 0 Å². The number of hydrogen-bond acceptors (Lipinski definition) is 8. The first-order valence-electron chi connectivity index (χ1n) is 5.88. The zero-order valence-electron chi connectivity index (χ0n) is 11.1. The molecule has 0 aromatic heterocycles. The van der Waals surface area contributed by atoms with Gasteiger partial charge in [0.1, 0.15) is 5.41 Å². The molecule has 8 nitrogen and oxygen atoms in total. The van der Waals surface area contributed by atoms with Gasteiger partial charge in [0, 0.05) is 25.2 Å². The Balaban J connectivity index is 5.69. The van der Waals surface area contributed by atoms with Gasteiger partial charge in [-0.15, -0.1) is 0 Å². The van der Waals surface area contributed by atoms with Crippen molar-refractivity contribution in [2.75, 3.05) is 0 Å². The lowest BCUT2D eigenvalue weighted by Gasteiger charge is -2.33. The molecule has 2 N–H and O–H groups in total. The first kappa shape index (κ1) is 18.2. The van der Waals surface area contributed by atoms with Crippen LogP contribution in [0.25, 0.3) is 0 Å². The molecule has 0 rings (SSSR count). The van der Waals surface area contributed by atoms with E-state index in [1.54, 1.807) is 0 Å². The average Bonchev–Trinajstić information content (AvgIpc) is 2.22. The van der Waals surface area contributed by atoms with Gasteiger partial charge < -0.3 is 30.0 Å². The summed E-state index contributed by atoms with van der Waals surface area (Å²) in [6, 6.07) is 0. The topological polar surface area (TPSA) is 155 Å². The first-order valence-corrected chi connectivity index (χ1v) is 5.88. The Morgan fingerprint density at radius 3 is 1.50 bits per heavy atom. The van der Waals surface area contributed by atoms with Gasteiger partial charge in [0.05, 0.1) is 18.2 Å². The molecule has 8 heteroatoms. The molecule has 114 valence electrons. The molecular weight excluding hydrogens is 272 g/mol. The highest BCUT2D eigenvalue weighted by Gasteiger charge is 2.46. The molecule has 0 aliphatic rings. The highest BCUT2D eigenvalue weighted by molar-refractivity contribution is 6.23. The quantitative estimate of drug-likeness (QED) is 0.415. The highest BCUT2D eigenvalue weighted by atomic mass is 16.4. The van der Waals surface area contributed by atoms with Gasteiger partial charge >= 0.3 is 0 Å². The third-order valence-electron chi connectivity index (χ3n) is 2.67. The van der Waals surface area contributed by atoms with Crippen molar-refractivity contribution in [2.45, 2.75) is 45.3 Å². The van der Waals surface area contributed by atoms with E-state index in [1.807, 2.05) is 0 Å². The Bertz CT molecular complexity index is 388. The molecule has 0 saturated carbocycles. The number of carbonyl (C=O) groups is 4. The van der Waals surface area contributed by atoms with Crippen LogP contribution in [0.4, 0.5) is 0 Å². The average molecular weight is 288 g/mol. The van der Waals surface area contributed by atoms with Crippen LogP contribution in [-0.2, 0) is 19.2 Å². The summed E-state index contributed by atoms with van der Waals surface area (Å²) in [5.41, 5.74) is -2.95. The van der Waals surface area contributed by atoms with Gasteiger partial charge in [-0.05, 0) is 13.8 Å². The number of ketones is 2. The predicted octanol–water partition coefficient (Wildman–Crippen LogP) is -3.46. The lowest BCUT2D eigenvalue weighted by atomic mass is 9.73. The normalized spacial score (nSPS) is 16.8. The number of aliphatic carboxylic acids is 2. The van der Waals surface area contributed by atoms with Crippen molar-refractivity contribution in [1.82, 2.24) is 0 Å². The van der Waals surface area contributed by atoms with E-state index in [9.17, 15) is 29.4 Å². The first-order chi connectivity index (χ1) is 9.03. The summed E-state index contributed by atoms with van der Waals surface area (Å²) in [6.07, 6.45) is -5.38. The molecule has 0 aliphatic carbocycles. The number of Topliss-reactive ketones (excluding diaryl/α,β-unsaturated/α-hetero) is 2. The maximum atomic E-state index is 11.9. The fourth-order valence-corrected chi connectivity index (χ4v) is 1.75. The minimum absolute atomic E-state index is 0.729. The molecule has 2 unspecified atom stereocenters. The zero-order valence-corrected chi connectivity index (χ0v) is 11.1. The van der Waals surface area contributed by atoms with Crippen LogP contribution in [0.15, 0.2) is 0 Å². The molecule has 0 fully saturated rings. The molecule has 0 saturated heterocycles. The van der Waals surface area contributed by atoms with Crippen molar-refractivity contribution in [1.29, 1.82) is 0 Å². The van der Waals surface area contributed by atoms with Crippen LogP contribution in [0.2, 0.25) is 0 Å². The minimum atomic E-state index is -2.95. The molecule has 20 heavy (non-hydrogen) atoms. The fraction of sp³-hybridized carbons (Fsp3) is 0.667. The standard InChI is InChI=1S/C12H18O8/c1-6(13)3-8(15)12(11(19)20,5-10(17)18)9(16)4-7(2)14/h6-7,13-14H,3-5H2,1-2H3,(H,17,18)(H,19,20)/p-2. The third-order valence-corrected chi connectivity index (χ3v) is 2.67. The van der Waals surface area contributed by atoms with Gasteiger partial charge in [-0.3, -0.25) is 9.59 Å². The number of rotatable bonds is 9. The Kier molecular flexibility index (Phi) is 6.47. The van der Waals surface area contributed by atoms with Crippen LogP contribution in [0.5, 0.6) is 0 Å². The van der Waals surface area contributed by atoms with Gasteiger partial charge in [-0.25, -0.2) is 0 Å². The second-order valence-corrected chi connectivity index (χ2v) is 4.69. The molecule has 0 aliphatic heterocycles. The lowest BCUT2D eigenvalue weighted by molar-refractivity contribution is -0.324. The molecule has 0 heterocycles. The molecular formula is C12H16O8-2. The van der Waals surface area contributed by atoms with Crippen LogP contribution < -0.4 is 10.2 Å². The van der Waals surface area contributed by atoms with Crippen molar-refractivity contribution in [2.24, 2.45) is 5.41 Å². The predicted molar refractivity (Wildman–Crippen MR) is 59.7 cm³/mol. The van der Waals surface area contributed by atoms with E-state index >= 15 is 0 Å². The van der Waals surface area contributed by atoms with E-state index in [0.29, 0.717) is 0 Å². The zero-order chi connectivity index (χ0) is 16.1. The molecule has 0 aromatic carbocycles. The molecule has 0 aromatic rings. The number of aliphatic hydroxyl groups is 2. The summed E-state index contributed by atoms with van der Waals surface area (Å²) in [6.45, 7) is 2.35. The minimum Gasteiger partial charge on any atom is -0.550 e. The number of carbonyl (C=O) groups excluding carboxylic acids is 4. The van der Waals surface area contributed by atoms with Crippen LogP contribution in [0, 0.1) is 5.41 Å². The van der Waals surface area contributed by atoms with Gasteiger partial charge in [-0.1, -0.05) is 0 Å². The van der Waals surface area contributed by atoms with Gasteiger partial charge in [0.15, 0.2) is 11.6 Å².